The first-order valence-electron chi connectivity index (χ1n) is 6.03. The average Bonchev–Trinajstić information content (AvgIpc) is 2.46. The van der Waals surface area contributed by atoms with Gasteiger partial charge in [0.1, 0.15) is 11.9 Å². The summed E-state index contributed by atoms with van der Waals surface area (Å²) >= 11 is 5.91. The maximum atomic E-state index is 13.8. The molecule has 4 nitrogen and oxygen atoms in total. The summed E-state index contributed by atoms with van der Waals surface area (Å²) in [4.78, 5) is 10.9. The Labute approximate surface area is 125 Å². The Bertz CT molecular complexity index is 740. The highest BCUT2D eigenvalue weighted by atomic mass is 35.5. The van der Waals surface area contributed by atoms with Gasteiger partial charge in [-0.3, -0.25) is 4.79 Å². The molecule has 21 heavy (non-hydrogen) atoms. The Morgan fingerprint density at radius 1 is 1.33 bits per heavy atom. The summed E-state index contributed by atoms with van der Waals surface area (Å²) in [5.41, 5.74) is 6.63. The maximum absolute atomic E-state index is 13.8. The molecular weight excluding hydrogens is 293 g/mol. The van der Waals surface area contributed by atoms with Crippen molar-refractivity contribution in [1.29, 1.82) is 5.26 Å². The molecule has 0 aliphatic carbocycles. The van der Waals surface area contributed by atoms with Crippen molar-refractivity contribution in [3.05, 3.63) is 63.9 Å². The summed E-state index contributed by atoms with van der Waals surface area (Å²) < 4.78 is 13.8. The molecule has 0 heterocycles. The normalized spacial score (nSPS) is 9.95. The third-order valence-corrected chi connectivity index (χ3v) is 3.22. The van der Waals surface area contributed by atoms with Crippen LogP contribution in [0.15, 0.2) is 36.4 Å². The monoisotopic (exact) mass is 303 g/mol. The molecular formula is C15H11ClFN3O. The number of anilines is 1. The van der Waals surface area contributed by atoms with Crippen molar-refractivity contribution >= 4 is 23.2 Å². The van der Waals surface area contributed by atoms with E-state index in [0.717, 1.165) is 6.07 Å². The van der Waals surface area contributed by atoms with Crippen LogP contribution in [-0.2, 0) is 6.54 Å². The zero-order valence-corrected chi connectivity index (χ0v) is 11.6. The first-order valence-corrected chi connectivity index (χ1v) is 6.41. The van der Waals surface area contributed by atoms with Gasteiger partial charge in [-0.25, -0.2) is 4.39 Å². The van der Waals surface area contributed by atoms with E-state index in [-0.39, 0.29) is 12.1 Å². The van der Waals surface area contributed by atoms with E-state index in [1.165, 1.54) is 12.1 Å². The third kappa shape index (κ3) is 3.50. The molecule has 0 atom stereocenters. The number of rotatable bonds is 4. The molecule has 0 aliphatic rings. The molecule has 0 spiro atoms. The lowest BCUT2D eigenvalue weighted by Gasteiger charge is -2.09. The van der Waals surface area contributed by atoms with Gasteiger partial charge >= 0.3 is 0 Å². The first-order chi connectivity index (χ1) is 10.0. The molecule has 0 bridgehead atoms. The van der Waals surface area contributed by atoms with Crippen molar-refractivity contribution < 1.29 is 9.18 Å². The number of nitrogens with two attached hydrogens (primary N) is 1. The van der Waals surface area contributed by atoms with Gasteiger partial charge in [-0.15, -0.1) is 0 Å². The number of hydrogen-bond donors (Lipinski definition) is 2. The van der Waals surface area contributed by atoms with Gasteiger partial charge in [-0.05, 0) is 30.3 Å². The second-order valence-corrected chi connectivity index (χ2v) is 4.74. The number of hydrogen-bond acceptors (Lipinski definition) is 3. The van der Waals surface area contributed by atoms with Gasteiger partial charge in [-0.1, -0.05) is 17.7 Å². The molecule has 6 heteroatoms. The molecule has 0 saturated heterocycles. The highest BCUT2D eigenvalue weighted by molar-refractivity contribution is 6.32. The van der Waals surface area contributed by atoms with Gasteiger partial charge in [0.25, 0.3) is 0 Å². The molecule has 0 fully saturated rings. The van der Waals surface area contributed by atoms with Crippen LogP contribution in [0.1, 0.15) is 21.5 Å². The van der Waals surface area contributed by atoms with Gasteiger partial charge in [-0.2, -0.15) is 5.26 Å². The topological polar surface area (TPSA) is 78.9 Å². The quantitative estimate of drug-likeness (QED) is 0.911. The van der Waals surface area contributed by atoms with E-state index in [1.54, 1.807) is 18.2 Å². The zero-order chi connectivity index (χ0) is 15.4. The van der Waals surface area contributed by atoms with Crippen molar-refractivity contribution in [3.8, 4) is 6.07 Å². The fourth-order valence-corrected chi connectivity index (χ4v) is 1.98. The smallest absolute Gasteiger partial charge is 0.248 e. The van der Waals surface area contributed by atoms with E-state index >= 15 is 0 Å². The van der Waals surface area contributed by atoms with Gasteiger partial charge in [0.15, 0.2) is 0 Å². The molecule has 0 aromatic heterocycles. The molecule has 0 unspecified atom stereocenters. The van der Waals surface area contributed by atoms with E-state index in [9.17, 15) is 9.18 Å². The molecule has 2 aromatic carbocycles. The lowest BCUT2D eigenvalue weighted by atomic mass is 10.1. The SMILES string of the molecule is N#Cc1ccc(NCc2ccc(C(N)=O)cc2F)cc1Cl. The minimum atomic E-state index is -0.674. The maximum Gasteiger partial charge on any atom is 0.248 e. The molecule has 0 radical (unpaired) electrons. The van der Waals surface area contributed by atoms with Crippen LogP contribution in [0.4, 0.5) is 10.1 Å². The minimum absolute atomic E-state index is 0.123. The number of halogens is 2. The summed E-state index contributed by atoms with van der Waals surface area (Å²) in [5, 5.41) is 12.1. The van der Waals surface area contributed by atoms with Crippen molar-refractivity contribution in [3.63, 3.8) is 0 Å². The Balaban J connectivity index is 2.11. The highest BCUT2D eigenvalue weighted by Crippen LogP contribution is 2.21. The van der Waals surface area contributed by atoms with Crippen LogP contribution in [0.5, 0.6) is 0 Å². The lowest BCUT2D eigenvalue weighted by Crippen LogP contribution is -2.12. The van der Waals surface area contributed by atoms with Crippen LogP contribution in [-0.4, -0.2) is 5.91 Å². The number of amides is 1. The Morgan fingerprint density at radius 3 is 2.67 bits per heavy atom. The van der Waals surface area contributed by atoms with Crippen molar-refractivity contribution in [2.75, 3.05) is 5.32 Å². The highest BCUT2D eigenvalue weighted by Gasteiger charge is 2.07. The number of nitrogens with zero attached hydrogens (tertiary/aromatic N) is 1. The molecule has 1 amide bonds. The molecule has 0 saturated carbocycles. The molecule has 0 aliphatic heterocycles. The largest absolute Gasteiger partial charge is 0.381 e. The van der Waals surface area contributed by atoms with Crippen LogP contribution in [0.2, 0.25) is 5.02 Å². The zero-order valence-electron chi connectivity index (χ0n) is 10.9. The molecule has 2 rings (SSSR count). The van der Waals surface area contributed by atoms with Crippen LogP contribution < -0.4 is 11.1 Å². The second-order valence-electron chi connectivity index (χ2n) is 4.33. The Morgan fingerprint density at radius 2 is 2.10 bits per heavy atom. The van der Waals surface area contributed by atoms with Crippen LogP contribution in [0, 0.1) is 17.1 Å². The fraction of sp³-hybridized carbons (Fsp3) is 0.0667. The van der Waals surface area contributed by atoms with Gasteiger partial charge in [0.05, 0.1) is 10.6 Å². The van der Waals surface area contributed by atoms with Gasteiger partial charge < -0.3 is 11.1 Å². The van der Waals surface area contributed by atoms with Crippen molar-refractivity contribution in [1.82, 2.24) is 0 Å². The number of benzene rings is 2. The molecule has 2 aromatic rings. The predicted octanol–water partition coefficient (Wildman–Crippen LogP) is 3.06. The number of nitrogens with one attached hydrogen (secondary N) is 1. The van der Waals surface area contributed by atoms with Crippen LogP contribution in [0.3, 0.4) is 0 Å². The number of primary amides is 1. The van der Waals surface area contributed by atoms with E-state index < -0.39 is 11.7 Å². The summed E-state index contributed by atoms with van der Waals surface area (Å²) in [6, 6.07) is 10.9. The predicted molar refractivity (Wildman–Crippen MR) is 78.4 cm³/mol. The number of carbonyl (C=O) groups excluding carboxylic acids is 1. The lowest BCUT2D eigenvalue weighted by molar-refractivity contribution is 0.1000. The fourth-order valence-electron chi connectivity index (χ4n) is 1.76. The Kier molecular flexibility index (Phi) is 4.41. The van der Waals surface area contributed by atoms with Crippen LogP contribution >= 0.6 is 11.6 Å². The summed E-state index contributed by atoms with van der Waals surface area (Å²) in [5.74, 6) is -1.19. The van der Waals surface area contributed by atoms with E-state index in [4.69, 9.17) is 22.6 Å². The van der Waals surface area contributed by atoms with Crippen molar-refractivity contribution in [2.45, 2.75) is 6.54 Å². The second kappa shape index (κ2) is 6.25. The number of carbonyl (C=O) groups is 1. The first kappa shape index (κ1) is 14.8. The molecule has 106 valence electrons. The minimum Gasteiger partial charge on any atom is -0.381 e. The van der Waals surface area contributed by atoms with E-state index in [2.05, 4.69) is 5.32 Å². The Hall–Kier alpha value is -2.58. The average molecular weight is 304 g/mol. The summed E-state index contributed by atoms with van der Waals surface area (Å²) in [7, 11) is 0. The van der Waals surface area contributed by atoms with E-state index in [1.807, 2.05) is 6.07 Å². The van der Waals surface area contributed by atoms with E-state index in [0.29, 0.717) is 21.8 Å². The van der Waals surface area contributed by atoms with Crippen molar-refractivity contribution in [2.24, 2.45) is 5.73 Å². The van der Waals surface area contributed by atoms with Gasteiger partial charge in [0, 0.05) is 23.4 Å². The number of nitriles is 1. The summed E-state index contributed by atoms with van der Waals surface area (Å²) in [6.45, 7) is 0.215. The van der Waals surface area contributed by atoms with Gasteiger partial charge in [0.2, 0.25) is 5.91 Å². The summed E-state index contributed by atoms with van der Waals surface area (Å²) in [6.07, 6.45) is 0. The van der Waals surface area contributed by atoms with Crippen LogP contribution in [0.25, 0.3) is 0 Å². The third-order valence-electron chi connectivity index (χ3n) is 2.91. The standard InChI is InChI=1S/C15H11ClFN3O/c16-13-6-12(4-3-10(13)7-18)20-8-11-2-1-9(15(19)21)5-14(11)17/h1-6,20H,8H2,(H2,19,21). The molecule has 3 N–H and O–H groups in total.